The molecule has 0 saturated carbocycles. The molecule has 0 fully saturated rings. The number of carbonyl (C=O) groups is 1. The first-order chi connectivity index (χ1) is 9.45. The number of pyridine rings is 1. The van der Waals surface area contributed by atoms with Crippen LogP contribution in [0.15, 0.2) is 12.4 Å². The van der Waals surface area contributed by atoms with E-state index in [2.05, 4.69) is 4.98 Å². The lowest BCUT2D eigenvalue weighted by molar-refractivity contribution is -0.140. The van der Waals surface area contributed by atoms with Crippen LogP contribution in [0.2, 0.25) is 0 Å². The highest BCUT2D eigenvalue weighted by atomic mass is 19.1. The molecule has 1 amide bonds. The van der Waals surface area contributed by atoms with Gasteiger partial charge in [0.1, 0.15) is 6.61 Å². The number of rotatable bonds is 2. The summed E-state index contributed by atoms with van der Waals surface area (Å²) in [6, 6.07) is 2.02. The predicted molar refractivity (Wildman–Crippen MR) is 69.1 cm³/mol. The average molecular weight is 277 g/mol. The molecule has 2 rings (SSSR count). The van der Waals surface area contributed by atoms with Gasteiger partial charge in [0, 0.05) is 18.2 Å². The van der Waals surface area contributed by atoms with Crippen LogP contribution in [0.25, 0.3) is 0 Å². The van der Waals surface area contributed by atoms with Gasteiger partial charge in [-0.25, -0.2) is 4.39 Å². The average Bonchev–Trinajstić information content (AvgIpc) is 2.61. The van der Waals surface area contributed by atoms with Gasteiger partial charge in [0.25, 0.3) is 0 Å². The molecular weight excluding hydrogens is 261 g/mol. The van der Waals surface area contributed by atoms with Crippen LogP contribution >= 0.6 is 0 Å². The lowest BCUT2D eigenvalue weighted by atomic mass is 9.88. The fraction of sp³-hybridized carbons (Fsp3) is 0.500. The van der Waals surface area contributed by atoms with Gasteiger partial charge in [0.2, 0.25) is 5.91 Å². The number of fused-ring (bicyclic) bond motifs is 1. The number of nitrogens with zero attached hydrogens (tertiary/aromatic N) is 3. The topological polar surface area (TPSA) is 66.2 Å². The third kappa shape index (κ3) is 2.72. The van der Waals surface area contributed by atoms with Crippen molar-refractivity contribution in [2.75, 3.05) is 13.2 Å². The van der Waals surface area contributed by atoms with Gasteiger partial charge in [0.05, 0.1) is 30.8 Å². The number of ether oxygens (including phenoxy) is 1. The molecule has 0 unspecified atom stereocenters. The molecule has 0 bridgehead atoms. The normalized spacial score (nSPS) is 14.8. The maximum Gasteiger partial charge on any atom is 0.229 e. The molecule has 20 heavy (non-hydrogen) atoms. The minimum atomic E-state index is -0.764. The van der Waals surface area contributed by atoms with Crippen LogP contribution in [-0.4, -0.2) is 28.9 Å². The number of carbonyl (C=O) groups excluding carboxylic acids is 1. The van der Waals surface area contributed by atoms with E-state index in [-0.39, 0.29) is 31.2 Å². The van der Waals surface area contributed by atoms with E-state index in [1.807, 2.05) is 6.07 Å². The quantitative estimate of drug-likeness (QED) is 0.828. The predicted octanol–water partition coefficient (Wildman–Crippen LogP) is 1.88. The van der Waals surface area contributed by atoms with E-state index in [1.54, 1.807) is 18.7 Å². The maximum absolute atomic E-state index is 13.6. The molecule has 1 aromatic heterocycles. The fourth-order valence-corrected chi connectivity index (χ4v) is 2.15. The van der Waals surface area contributed by atoms with Crippen LogP contribution in [0.5, 0.6) is 5.75 Å². The molecule has 5 nitrogen and oxygen atoms in total. The van der Waals surface area contributed by atoms with E-state index in [9.17, 15) is 9.18 Å². The lowest BCUT2D eigenvalue weighted by Crippen LogP contribution is -2.41. The maximum atomic E-state index is 13.6. The van der Waals surface area contributed by atoms with Gasteiger partial charge in [0.15, 0.2) is 11.6 Å². The Morgan fingerprint density at radius 3 is 3.05 bits per heavy atom. The zero-order valence-corrected chi connectivity index (χ0v) is 11.5. The Balaban J connectivity index is 2.24. The van der Waals surface area contributed by atoms with E-state index in [0.29, 0.717) is 12.1 Å². The van der Waals surface area contributed by atoms with E-state index in [1.165, 1.54) is 6.20 Å². The molecule has 0 radical (unpaired) electrons. The second-order valence-electron chi connectivity index (χ2n) is 5.40. The second-order valence-corrected chi connectivity index (χ2v) is 5.40. The van der Waals surface area contributed by atoms with Crippen molar-refractivity contribution in [3.8, 4) is 11.8 Å². The molecule has 0 saturated heterocycles. The molecule has 1 aromatic rings. The minimum Gasteiger partial charge on any atom is -0.488 e. The van der Waals surface area contributed by atoms with Crippen molar-refractivity contribution in [3.63, 3.8) is 0 Å². The highest BCUT2D eigenvalue weighted by Gasteiger charge is 2.33. The molecule has 0 N–H and O–H groups in total. The first-order valence-corrected chi connectivity index (χ1v) is 6.37. The molecule has 0 spiro atoms. The highest BCUT2D eigenvalue weighted by Crippen LogP contribution is 2.29. The largest absolute Gasteiger partial charge is 0.488 e. The highest BCUT2D eigenvalue weighted by molar-refractivity contribution is 5.82. The van der Waals surface area contributed by atoms with Crippen LogP contribution in [0.3, 0.4) is 0 Å². The van der Waals surface area contributed by atoms with Gasteiger partial charge < -0.3 is 9.64 Å². The van der Waals surface area contributed by atoms with Crippen molar-refractivity contribution in [3.05, 3.63) is 23.8 Å². The standard InChI is InChI=1S/C14H16FN3O2/c1-14(2,3-4-16)13(19)18-5-6-20-12-10(9-18)7-17-8-11(12)15/h7-8H,3,5-6,9H2,1-2H3. The van der Waals surface area contributed by atoms with Crippen LogP contribution in [0, 0.1) is 22.6 Å². The summed E-state index contributed by atoms with van der Waals surface area (Å²) in [5, 5.41) is 8.79. The Bertz CT molecular complexity index is 566. The number of halogens is 1. The van der Waals surface area contributed by atoms with Crippen LogP contribution < -0.4 is 4.74 Å². The first-order valence-electron chi connectivity index (χ1n) is 6.37. The number of amides is 1. The fourth-order valence-electron chi connectivity index (χ4n) is 2.15. The summed E-state index contributed by atoms with van der Waals surface area (Å²) < 4.78 is 19.0. The van der Waals surface area contributed by atoms with Gasteiger partial charge in [-0.2, -0.15) is 5.26 Å². The molecule has 1 aliphatic heterocycles. The van der Waals surface area contributed by atoms with Crippen LogP contribution in [-0.2, 0) is 11.3 Å². The van der Waals surface area contributed by atoms with Crippen LogP contribution in [0.1, 0.15) is 25.8 Å². The Morgan fingerprint density at radius 2 is 2.35 bits per heavy atom. The van der Waals surface area contributed by atoms with Crippen molar-refractivity contribution >= 4 is 5.91 Å². The minimum absolute atomic E-state index is 0.136. The SMILES string of the molecule is CC(C)(CC#N)C(=O)N1CCOc2c(F)cncc2C1. The molecular formula is C14H16FN3O2. The zero-order valence-electron chi connectivity index (χ0n) is 11.5. The van der Waals surface area contributed by atoms with Crippen molar-refractivity contribution in [1.82, 2.24) is 9.88 Å². The number of hydrogen-bond acceptors (Lipinski definition) is 4. The van der Waals surface area contributed by atoms with Gasteiger partial charge in [-0.3, -0.25) is 9.78 Å². The van der Waals surface area contributed by atoms with Gasteiger partial charge >= 0.3 is 0 Å². The van der Waals surface area contributed by atoms with E-state index < -0.39 is 11.2 Å². The Morgan fingerprint density at radius 1 is 1.60 bits per heavy atom. The van der Waals surface area contributed by atoms with E-state index in [0.717, 1.165) is 6.20 Å². The van der Waals surface area contributed by atoms with Crippen molar-refractivity contribution in [1.29, 1.82) is 5.26 Å². The second kappa shape index (κ2) is 5.45. The van der Waals surface area contributed by atoms with Crippen molar-refractivity contribution in [2.45, 2.75) is 26.8 Å². The van der Waals surface area contributed by atoms with Gasteiger partial charge in [-0.15, -0.1) is 0 Å². The molecule has 0 aromatic carbocycles. The molecule has 106 valence electrons. The molecule has 1 aliphatic rings. The lowest BCUT2D eigenvalue weighted by Gasteiger charge is -2.29. The Labute approximate surface area is 117 Å². The zero-order chi connectivity index (χ0) is 14.8. The van der Waals surface area contributed by atoms with Crippen molar-refractivity contribution < 1.29 is 13.9 Å². The van der Waals surface area contributed by atoms with Gasteiger partial charge in [-0.05, 0) is 0 Å². The number of aromatic nitrogens is 1. The first kappa shape index (κ1) is 14.3. The smallest absolute Gasteiger partial charge is 0.229 e. The summed E-state index contributed by atoms with van der Waals surface area (Å²) in [4.78, 5) is 17.8. The Kier molecular flexibility index (Phi) is 3.89. The number of hydrogen-bond donors (Lipinski definition) is 0. The summed E-state index contributed by atoms with van der Waals surface area (Å²) in [5.74, 6) is -0.499. The third-order valence-corrected chi connectivity index (χ3v) is 3.28. The molecule has 0 atom stereocenters. The summed E-state index contributed by atoms with van der Waals surface area (Å²) in [5.41, 5.74) is -0.219. The Hall–Kier alpha value is -2.16. The summed E-state index contributed by atoms with van der Waals surface area (Å²) in [6.07, 6.45) is 2.73. The monoisotopic (exact) mass is 277 g/mol. The number of nitriles is 1. The summed E-state index contributed by atoms with van der Waals surface area (Å²) in [6.45, 7) is 4.29. The van der Waals surface area contributed by atoms with Gasteiger partial charge in [-0.1, -0.05) is 13.8 Å². The third-order valence-electron chi connectivity index (χ3n) is 3.28. The van der Waals surface area contributed by atoms with Crippen LogP contribution in [0.4, 0.5) is 4.39 Å². The van der Waals surface area contributed by atoms with E-state index >= 15 is 0 Å². The van der Waals surface area contributed by atoms with E-state index in [4.69, 9.17) is 10.00 Å². The summed E-state index contributed by atoms with van der Waals surface area (Å²) in [7, 11) is 0. The van der Waals surface area contributed by atoms with Crippen molar-refractivity contribution in [2.24, 2.45) is 5.41 Å². The molecule has 2 heterocycles. The molecule has 0 aliphatic carbocycles. The molecule has 6 heteroatoms. The summed E-state index contributed by atoms with van der Waals surface area (Å²) >= 11 is 0.